The van der Waals surface area contributed by atoms with Crippen LogP contribution in [0.5, 0.6) is 0 Å². The molecule has 4 aromatic rings. The first kappa shape index (κ1) is 17.4. The van der Waals surface area contributed by atoms with Crippen LogP contribution in [-0.2, 0) is 7.05 Å². The zero-order valence-corrected chi connectivity index (χ0v) is 18.6. The van der Waals surface area contributed by atoms with E-state index in [1.807, 2.05) is 0 Å². The van der Waals surface area contributed by atoms with Crippen LogP contribution in [0.25, 0.3) is 32.8 Å². The van der Waals surface area contributed by atoms with Crippen LogP contribution in [0.3, 0.4) is 0 Å². The normalized spacial score (nSPS) is 13.3. The number of anilines is 2. The summed E-state index contributed by atoms with van der Waals surface area (Å²) in [5, 5.41) is 6.86. The van der Waals surface area contributed by atoms with Crippen molar-refractivity contribution >= 4 is 46.2 Å². The lowest BCUT2D eigenvalue weighted by atomic mass is 9.89. The smallest absolute Gasteiger partial charge is 0.237 e. The van der Waals surface area contributed by atoms with E-state index in [1.165, 1.54) is 54.9 Å². The monoisotopic (exact) mass is 383 g/mol. The fourth-order valence-corrected chi connectivity index (χ4v) is 5.87. The number of hydrogen-bond donors (Lipinski definition) is 0. The Morgan fingerprint density at radius 3 is 2.43 bits per heavy atom. The number of hydrogen-bond acceptors (Lipinski definition) is 1. The van der Waals surface area contributed by atoms with Crippen LogP contribution >= 0.6 is 0 Å². The highest BCUT2D eigenvalue weighted by atomic mass is 28.3. The second-order valence-electron chi connectivity index (χ2n) is 9.18. The molecule has 5 rings (SSSR count). The molecule has 28 heavy (non-hydrogen) atoms. The van der Waals surface area contributed by atoms with Crippen LogP contribution in [0.1, 0.15) is 5.56 Å². The lowest BCUT2D eigenvalue weighted by molar-refractivity contribution is -0.658. The number of aromatic nitrogens is 1. The van der Waals surface area contributed by atoms with Gasteiger partial charge in [0.15, 0.2) is 6.20 Å². The molecule has 2 nitrogen and oxygen atoms in total. The molecule has 0 saturated heterocycles. The van der Waals surface area contributed by atoms with Gasteiger partial charge >= 0.3 is 0 Å². The quantitative estimate of drug-likeness (QED) is 0.314. The summed E-state index contributed by atoms with van der Waals surface area (Å²) in [6, 6.07) is 18.3. The van der Waals surface area contributed by atoms with Gasteiger partial charge in [-0.15, -0.1) is 0 Å². The van der Waals surface area contributed by atoms with Crippen molar-refractivity contribution < 1.29 is 4.57 Å². The highest BCUT2D eigenvalue weighted by Crippen LogP contribution is 2.48. The highest BCUT2D eigenvalue weighted by molar-refractivity contribution is 6.88. The van der Waals surface area contributed by atoms with E-state index in [2.05, 4.69) is 105 Å². The number of rotatable bonds is 1. The molecule has 0 unspecified atom stereocenters. The van der Waals surface area contributed by atoms with Crippen LogP contribution in [0.2, 0.25) is 19.6 Å². The van der Waals surface area contributed by atoms with Crippen LogP contribution in [0.4, 0.5) is 11.4 Å². The predicted octanol–water partition coefficient (Wildman–Crippen LogP) is 5.42. The van der Waals surface area contributed by atoms with Gasteiger partial charge in [-0.25, -0.2) is 0 Å². The zero-order valence-electron chi connectivity index (χ0n) is 17.6. The van der Waals surface area contributed by atoms with Gasteiger partial charge in [0.05, 0.1) is 13.6 Å². The molecule has 0 radical (unpaired) electrons. The summed E-state index contributed by atoms with van der Waals surface area (Å²) in [6.45, 7) is 9.51. The molecule has 0 saturated carbocycles. The summed E-state index contributed by atoms with van der Waals surface area (Å²) < 4.78 is 2.32. The topological polar surface area (TPSA) is 7.12 Å². The number of nitrogens with zero attached hydrogens (tertiary/aromatic N) is 2. The van der Waals surface area contributed by atoms with Crippen molar-refractivity contribution in [1.82, 2.24) is 0 Å². The average Bonchev–Trinajstić information content (AvgIpc) is 2.65. The molecule has 0 fully saturated rings. The van der Waals surface area contributed by atoms with Gasteiger partial charge in [0.1, 0.15) is 12.7 Å². The number of pyridine rings is 1. The van der Waals surface area contributed by atoms with E-state index in [0.717, 1.165) is 0 Å². The van der Waals surface area contributed by atoms with Crippen LogP contribution in [-0.4, -0.2) is 15.1 Å². The molecule has 3 aromatic carbocycles. The Bertz CT molecular complexity index is 1280. The fourth-order valence-electron chi connectivity index (χ4n) is 4.71. The van der Waals surface area contributed by atoms with E-state index in [0.29, 0.717) is 0 Å². The number of fused-ring (bicyclic) bond motifs is 4. The van der Waals surface area contributed by atoms with Crippen molar-refractivity contribution in [2.45, 2.75) is 26.6 Å². The molecule has 1 aromatic heterocycles. The Balaban J connectivity index is 1.99. The van der Waals surface area contributed by atoms with E-state index in [9.17, 15) is 0 Å². The minimum Gasteiger partial charge on any atom is -0.338 e. The summed E-state index contributed by atoms with van der Waals surface area (Å²) in [5.41, 5.74) is 6.67. The Hall–Kier alpha value is -2.65. The molecule has 0 aliphatic carbocycles. The van der Waals surface area contributed by atoms with Crippen molar-refractivity contribution in [3.05, 3.63) is 60.3 Å². The van der Waals surface area contributed by atoms with Gasteiger partial charge in [0, 0.05) is 28.9 Å². The Labute approximate surface area is 168 Å². The fraction of sp³-hybridized carbons (Fsp3) is 0.240. The zero-order chi connectivity index (χ0) is 19.8. The molecule has 0 spiro atoms. The van der Waals surface area contributed by atoms with Crippen LogP contribution < -0.4 is 14.7 Å². The van der Waals surface area contributed by atoms with Gasteiger partial charge in [-0.05, 0) is 30.0 Å². The molecule has 1 aliphatic heterocycles. The van der Waals surface area contributed by atoms with Crippen molar-refractivity contribution in [1.29, 1.82) is 0 Å². The minimum absolute atomic E-state index is 1.30. The molecule has 0 amide bonds. The average molecular weight is 384 g/mol. The Kier molecular flexibility index (Phi) is 3.54. The summed E-state index contributed by atoms with van der Waals surface area (Å²) in [4.78, 5) is 2.40. The van der Waals surface area contributed by atoms with Gasteiger partial charge in [0.25, 0.3) is 0 Å². The molecule has 2 heterocycles. The number of aryl methyl sites for hydroxylation is 2. The standard InChI is InChI=1S/C25H27N2Si/c1-16-10-11-17-8-7-9-21-23(17)22(16)25-24(27(21)3)20-14-19(28(4,5)6)13-12-18(20)15-26(25)2/h7-15H,1-6H3/q+1. The van der Waals surface area contributed by atoms with Gasteiger partial charge in [-0.1, -0.05) is 61.2 Å². The maximum absolute atomic E-state index is 2.46. The van der Waals surface area contributed by atoms with Crippen molar-refractivity contribution in [2.75, 3.05) is 11.9 Å². The molecule has 0 atom stereocenters. The molecular weight excluding hydrogens is 356 g/mol. The summed E-state index contributed by atoms with van der Waals surface area (Å²) in [6.07, 6.45) is 2.29. The Morgan fingerprint density at radius 1 is 0.929 bits per heavy atom. The first-order valence-electron chi connectivity index (χ1n) is 10.0. The maximum Gasteiger partial charge on any atom is 0.237 e. The van der Waals surface area contributed by atoms with Gasteiger partial charge in [0.2, 0.25) is 5.69 Å². The van der Waals surface area contributed by atoms with E-state index >= 15 is 0 Å². The SMILES string of the molecule is Cc1ccc2cccc3c2c1-c1c(c2cc([Si](C)(C)C)ccc2c[n+]1C)N3C. The third-order valence-electron chi connectivity index (χ3n) is 6.25. The predicted molar refractivity (Wildman–Crippen MR) is 124 cm³/mol. The first-order chi connectivity index (χ1) is 13.3. The second kappa shape index (κ2) is 5.68. The minimum atomic E-state index is -1.39. The third kappa shape index (κ3) is 2.29. The van der Waals surface area contributed by atoms with Crippen LogP contribution in [0.15, 0.2) is 54.7 Å². The third-order valence-corrected chi connectivity index (χ3v) is 8.29. The summed E-state index contributed by atoms with van der Waals surface area (Å²) >= 11 is 0. The van der Waals surface area contributed by atoms with Gasteiger partial charge in [-0.2, -0.15) is 4.57 Å². The second-order valence-corrected chi connectivity index (χ2v) is 14.3. The van der Waals surface area contributed by atoms with Crippen molar-refractivity contribution in [2.24, 2.45) is 7.05 Å². The van der Waals surface area contributed by atoms with Gasteiger partial charge < -0.3 is 4.90 Å². The van der Waals surface area contributed by atoms with E-state index in [-0.39, 0.29) is 0 Å². The highest BCUT2D eigenvalue weighted by Gasteiger charge is 2.32. The van der Waals surface area contributed by atoms with E-state index in [1.54, 1.807) is 0 Å². The molecular formula is C25H27N2Si+. The summed E-state index contributed by atoms with van der Waals surface area (Å²) in [5.74, 6) is 0. The molecule has 3 heteroatoms. The lowest BCUT2D eigenvalue weighted by Gasteiger charge is -2.30. The molecule has 0 N–H and O–H groups in total. The van der Waals surface area contributed by atoms with Crippen molar-refractivity contribution in [3.8, 4) is 11.3 Å². The Morgan fingerprint density at radius 2 is 1.68 bits per heavy atom. The molecule has 0 bridgehead atoms. The first-order valence-corrected chi connectivity index (χ1v) is 13.5. The van der Waals surface area contributed by atoms with Gasteiger partial charge in [-0.3, -0.25) is 0 Å². The van der Waals surface area contributed by atoms with E-state index in [4.69, 9.17) is 0 Å². The lowest BCUT2D eigenvalue weighted by Crippen LogP contribution is -2.38. The van der Waals surface area contributed by atoms with Crippen LogP contribution in [0, 0.1) is 6.92 Å². The number of benzene rings is 3. The molecule has 1 aliphatic rings. The van der Waals surface area contributed by atoms with E-state index < -0.39 is 8.07 Å². The molecule has 140 valence electrons. The van der Waals surface area contributed by atoms with Crippen molar-refractivity contribution in [3.63, 3.8) is 0 Å². The largest absolute Gasteiger partial charge is 0.338 e. The maximum atomic E-state index is 2.46. The summed E-state index contributed by atoms with van der Waals surface area (Å²) in [7, 11) is 3.02.